The average Bonchev–Trinajstić information content (AvgIpc) is 2.44. The van der Waals surface area contributed by atoms with Crippen LogP contribution < -0.4 is 15.4 Å². The lowest BCUT2D eigenvalue weighted by Gasteiger charge is -2.12. The highest BCUT2D eigenvalue weighted by atomic mass is 32.2. The number of anilines is 1. The van der Waals surface area contributed by atoms with E-state index in [1.54, 1.807) is 19.2 Å². The third-order valence-corrected chi connectivity index (χ3v) is 3.25. The van der Waals surface area contributed by atoms with Crippen LogP contribution in [0.4, 0.5) is 5.69 Å². The zero-order valence-corrected chi connectivity index (χ0v) is 14.0. The van der Waals surface area contributed by atoms with Gasteiger partial charge in [0.2, 0.25) is 10.0 Å². The summed E-state index contributed by atoms with van der Waals surface area (Å²) < 4.78 is 30.2. The van der Waals surface area contributed by atoms with Gasteiger partial charge in [-0.1, -0.05) is 18.2 Å². The number of para-hydroxylation sites is 1. The summed E-state index contributed by atoms with van der Waals surface area (Å²) in [5, 5.41) is 6.26. The van der Waals surface area contributed by atoms with Crippen molar-refractivity contribution >= 4 is 21.7 Å². The molecule has 0 atom stereocenters. The summed E-state index contributed by atoms with van der Waals surface area (Å²) in [6, 6.07) is 7.19. The molecule has 0 spiro atoms. The number of hydrogen-bond acceptors (Lipinski definition) is 4. The van der Waals surface area contributed by atoms with E-state index >= 15 is 0 Å². The molecule has 0 bridgehead atoms. The molecule has 0 unspecified atom stereocenters. The molecule has 0 radical (unpaired) electrons. The van der Waals surface area contributed by atoms with Crippen LogP contribution in [0, 0.1) is 0 Å². The molecule has 0 amide bonds. The lowest BCUT2D eigenvalue weighted by molar-refractivity contribution is 0.203. The van der Waals surface area contributed by atoms with Crippen molar-refractivity contribution in [1.82, 2.24) is 10.6 Å². The Hall–Kier alpha value is -1.80. The Morgan fingerprint density at radius 2 is 2.00 bits per heavy atom. The van der Waals surface area contributed by atoms with Crippen molar-refractivity contribution in [2.45, 2.75) is 13.5 Å². The molecule has 0 aromatic heterocycles. The number of guanidine groups is 1. The third-order valence-electron chi connectivity index (χ3n) is 2.66. The van der Waals surface area contributed by atoms with E-state index in [1.165, 1.54) is 0 Å². The largest absolute Gasteiger partial charge is 0.383 e. The first kappa shape index (κ1) is 18.2. The number of hydrogen-bond donors (Lipinski definition) is 3. The minimum Gasteiger partial charge on any atom is -0.383 e. The average molecular weight is 328 g/mol. The number of nitrogens with one attached hydrogen (secondary N) is 3. The highest BCUT2D eigenvalue weighted by Gasteiger charge is 2.06. The van der Waals surface area contributed by atoms with Crippen LogP contribution in [-0.2, 0) is 21.3 Å². The van der Waals surface area contributed by atoms with Crippen molar-refractivity contribution in [2.24, 2.45) is 4.99 Å². The van der Waals surface area contributed by atoms with Crippen LogP contribution in [0.2, 0.25) is 0 Å². The Morgan fingerprint density at radius 3 is 2.64 bits per heavy atom. The smallest absolute Gasteiger partial charge is 0.229 e. The zero-order chi connectivity index (χ0) is 16.4. The van der Waals surface area contributed by atoms with E-state index in [1.807, 2.05) is 19.1 Å². The number of benzene rings is 1. The van der Waals surface area contributed by atoms with Gasteiger partial charge in [-0.05, 0) is 18.6 Å². The first-order valence-corrected chi connectivity index (χ1v) is 8.92. The first-order chi connectivity index (χ1) is 10.5. The van der Waals surface area contributed by atoms with Crippen molar-refractivity contribution in [3.8, 4) is 0 Å². The summed E-state index contributed by atoms with van der Waals surface area (Å²) in [7, 11) is -1.67. The summed E-state index contributed by atoms with van der Waals surface area (Å²) in [5.74, 6) is 0.661. The summed E-state index contributed by atoms with van der Waals surface area (Å²) in [6.45, 7) is 4.30. The van der Waals surface area contributed by atoms with Crippen LogP contribution in [0.3, 0.4) is 0 Å². The molecule has 3 N–H and O–H groups in total. The second kappa shape index (κ2) is 9.26. The highest BCUT2D eigenvalue weighted by Crippen LogP contribution is 2.17. The number of sulfonamides is 1. The minimum atomic E-state index is -3.31. The predicted molar refractivity (Wildman–Crippen MR) is 89.6 cm³/mol. The predicted octanol–water partition coefficient (Wildman–Crippen LogP) is 0.760. The summed E-state index contributed by atoms with van der Waals surface area (Å²) in [6.07, 6.45) is 1.13. The Labute approximate surface area is 132 Å². The van der Waals surface area contributed by atoms with Gasteiger partial charge in [-0.15, -0.1) is 0 Å². The van der Waals surface area contributed by atoms with E-state index in [0.29, 0.717) is 31.3 Å². The maximum absolute atomic E-state index is 11.4. The highest BCUT2D eigenvalue weighted by molar-refractivity contribution is 7.92. The monoisotopic (exact) mass is 328 g/mol. The van der Waals surface area contributed by atoms with Gasteiger partial charge in [0.15, 0.2) is 5.96 Å². The second-order valence-electron chi connectivity index (χ2n) is 4.65. The van der Waals surface area contributed by atoms with Crippen LogP contribution in [-0.4, -0.2) is 47.4 Å². The quantitative estimate of drug-likeness (QED) is 0.372. The van der Waals surface area contributed by atoms with Crippen LogP contribution in [0.5, 0.6) is 0 Å². The Bertz CT molecular complexity index is 588. The minimum absolute atomic E-state index is 0.362. The maximum atomic E-state index is 11.4. The Balaban J connectivity index is 2.80. The molecule has 0 aliphatic heterocycles. The Morgan fingerprint density at radius 1 is 1.27 bits per heavy atom. The van der Waals surface area contributed by atoms with Gasteiger partial charge in [-0.25, -0.2) is 13.4 Å². The molecule has 0 saturated carbocycles. The van der Waals surface area contributed by atoms with Gasteiger partial charge in [0.05, 0.1) is 25.1 Å². The standard InChI is InChI=1S/C14H24N4O3S/c1-4-15-14(16-9-10-21-2)17-11-12-7-5-6-8-13(12)18-22(3,19)20/h5-8,18H,4,9-11H2,1-3H3,(H2,15,16,17). The molecule has 124 valence electrons. The van der Waals surface area contributed by atoms with Gasteiger partial charge in [0.25, 0.3) is 0 Å². The van der Waals surface area contributed by atoms with Crippen LogP contribution >= 0.6 is 0 Å². The fourth-order valence-electron chi connectivity index (χ4n) is 1.73. The molecule has 1 aromatic rings. The molecule has 1 rings (SSSR count). The van der Waals surface area contributed by atoms with Gasteiger partial charge in [-0.3, -0.25) is 4.72 Å². The topological polar surface area (TPSA) is 91.8 Å². The molecule has 8 heteroatoms. The number of ether oxygens (including phenoxy) is 1. The van der Waals surface area contributed by atoms with E-state index in [-0.39, 0.29) is 0 Å². The molecular weight excluding hydrogens is 304 g/mol. The molecule has 0 saturated heterocycles. The Kier molecular flexibility index (Phi) is 7.69. The van der Waals surface area contributed by atoms with E-state index in [0.717, 1.165) is 18.4 Å². The van der Waals surface area contributed by atoms with E-state index in [2.05, 4.69) is 20.3 Å². The van der Waals surface area contributed by atoms with Gasteiger partial charge < -0.3 is 15.4 Å². The van der Waals surface area contributed by atoms with Crippen LogP contribution in [0.1, 0.15) is 12.5 Å². The molecule has 0 aliphatic carbocycles. The molecule has 22 heavy (non-hydrogen) atoms. The van der Waals surface area contributed by atoms with Gasteiger partial charge in [0, 0.05) is 20.2 Å². The lowest BCUT2D eigenvalue weighted by Crippen LogP contribution is -2.38. The number of methoxy groups -OCH3 is 1. The third kappa shape index (κ3) is 7.28. The number of nitrogens with zero attached hydrogens (tertiary/aromatic N) is 1. The van der Waals surface area contributed by atoms with Gasteiger partial charge in [-0.2, -0.15) is 0 Å². The van der Waals surface area contributed by atoms with Crippen molar-refractivity contribution in [1.29, 1.82) is 0 Å². The van der Waals surface area contributed by atoms with Crippen molar-refractivity contribution in [2.75, 3.05) is 37.8 Å². The molecular formula is C14H24N4O3S. The zero-order valence-electron chi connectivity index (χ0n) is 13.2. The molecule has 0 fully saturated rings. The SMILES string of the molecule is CCNC(=NCc1ccccc1NS(C)(=O)=O)NCCOC. The van der Waals surface area contributed by atoms with Crippen molar-refractivity contribution in [3.05, 3.63) is 29.8 Å². The number of aliphatic imine (C=N–C) groups is 1. The second-order valence-corrected chi connectivity index (χ2v) is 6.39. The molecule has 0 heterocycles. The van der Waals surface area contributed by atoms with Crippen molar-refractivity contribution in [3.63, 3.8) is 0 Å². The number of rotatable bonds is 8. The summed E-state index contributed by atoms with van der Waals surface area (Å²) >= 11 is 0. The summed E-state index contributed by atoms with van der Waals surface area (Å²) in [4.78, 5) is 4.45. The molecule has 0 aliphatic rings. The van der Waals surface area contributed by atoms with Gasteiger partial charge in [0.1, 0.15) is 0 Å². The van der Waals surface area contributed by atoms with Crippen molar-refractivity contribution < 1.29 is 13.2 Å². The molecule has 7 nitrogen and oxygen atoms in total. The first-order valence-electron chi connectivity index (χ1n) is 7.03. The van der Waals surface area contributed by atoms with Crippen LogP contribution in [0.25, 0.3) is 0 Å². The summed E-state index contributed by atoms with van der Waals surface area (Å²) in [5.41, 5.74) is 1.35. The molecule has 1 aromatic carbocycles. The van der Waals surface area contributed by atoms with E-state index in [4.69, 9.17) is 4.74 Å². The van der Waals surface area contributed by atoms with Gasteiger partial charge >= 0.3 is 0 Å². The fraction of sp³-hybridized carbons (Fsp3) is 0.500. The van der Waals surface area contributed by atoms with E-state index in [9.17, 15) is 8.42 Å². The normalized spacial score (nSPS) is 12.0. The van der Waals surface area contributed by atoms with Crippen LogP contribution in [0.15, 0.2) is 29.3 Å². The maximum Gasteiger partial charge on any atom is 0.229 e. The van der Waals surface area contributed by atoms with E-state index < -0.39 is 10.0 Å². The fourth-order valence-corrected chi connectivity index (χ4v) is 2.33. The lowest BCUT2D eigenvalue weighted by atomic mass is 10.2.